The van der Waals surface area contributed by atoms with Crippen molar-refractivity contribution >= 4 is 33.0 Å². The molecule has 0 saturated heterocycles. The molecule has 1 N–H and O–H groups in total. The molecule has 0 aliphatic carbocycles. The van der Waals surface area contributed by atoms with Crippen LogP contribution in [0.2, 0.25) is 4.34 Å². The number of nitrogens with one attached hydrogen (secondary N) is 1. The van der Waals surface area contributed by atoms with E-state index in [1.807, 2.05) is 19.1 Å². The maximum atomic E-state index is 11.5. The van der Waals surface area contributed by atoms with Gasteiger partial charge in [0.05, 0.1) is 10.1 Å². The molecule has 0 aliphatic rings. The smallest absolute Gasteiger partial charge is 0.211 e. The van der Waals surface area contributed by atoms with Crippen molar-refractivity contribution in [3.05, 3.63) is 21.3 Å². The maximum Gasteiger partial charge on any atom is 0.211 e. The van der Waals surface area contributed by atoms with Crippen molar-refractivity contribution < 1.29 is 8.42 Å². The third-order valence-corrected chi connectivity index (χ3v) is 4.85. The van der Waals surface area contributed by atoms with Crippen LogP contribution in [0.4, 0.5) is 0 Å². The van der Waals surface area contributed by atoms with Gasteiger partial charge in [-0.05, 0) is 25.0 Å². The Balaban J connectivity index is 2.29. The Kier molecular flexibility index (Phi) is 5.75. The van der Waals surface area contributed by atoms with Crippen LogP contribution in [0.15, 0.2) is 12.1 Å². The number of hydrogen-bond donors (Lipinski definition) is 1. The minimum absolute atomic E-state index is 0.217. The van der Waals surface area contributed by atoms with Gasteiger partial charge < -0.3 is 0 Å². The molecule has 0 aliphatic heterocycles. The zero-order valence-corrected chi connectivity index (χ0v) is 11.6. The Morgan fingerprint density at radius 1 is 1.44 bits per heavy atom. The number of thiophene rings is 1. The fourth-order valence-electron chi connectivity index (χ4n) is 1.22. The number of hydrogen-bond acceptors (Lipinski definition) is 3. The van der Waals surface area contributed by atoms with Gasteiger partial charge >= 0.3 is 0 Å². The third kappa shape index (κ3) is 5.30. The first kappa shape index (κ1) is 14.0. The van der Waals surface area contributed by atoms with E-state index in [1.165, 1.54) is 11.3 Å². The summed E-state index contributed by atoms with van der Waals surface area (Å²) in [4.78, 5) is 1.10. The molecule has 6 heteroatoms. The molecule has 1 rings (SSSR count). The average Bonchev–Trinajstić information content (AvgIpc) is 2.61. The summed E-state index contributed by atoms with van der Waals surface area (Å²) in [7, 11) is -3.09. The molecule has 0 amide bonds. The predicted molar refractivity (Wildman–Crippen MR) is 69.7 cm³/mol. The second kappa shape index (κ2) is 6.59. The van der Waals surface area contributed by atoms with Gasteiger partial charge in [-0.2, -0.15) is 0 Å². The SMILES string of the molecule is CCCCS(=O)(=O)NCCc1ccc(Cl)s1. The molecule has 3 nitrogen and oxygen atoms in total. The zero-order valence-electron chi connectivity index (χ0n) is 9.20. The molecule has 1 aromatic rings. The van der Waals surface area contributed by atoms with Crippen LogP contribution >= 0.6 is 22.9 Å². The summed E-state index contributed by atoms with van der Waals surface area (Å²) < 4.78 is 26.2. The number of rotatable bonds is 7. The van der Waals surface area contributed by atoms with Crippen molar-refractivity contribution in [3.63, 3.8) is 0 Å². The maximum absolute atomic E-state index is 11.5. The highest BCUT2D eigenvalue weighted by Gasteiger charge is 2.08. The van der Waals surface area contributed by atoms with Crippen LogP contribution in [-0.4, -0.2) is 20.7 Å². The quantitative estimate of drug-likeness (QED) is 0.835. The lowest BCUT2D eigenvalue weighted by atomic mass is 10.3. The lowest BCUT2D eigenvalue weighted by Gasteiger charge is -2.04. The molecule has 0 fully saturated rings. The van der Waals surface area contributed by atoms with Crippen molar-refractivity contribution in [2.45, 2.75) is 26.2 Å². The minimum Gasteiger partial charge on any atom is -0.215 e. The summed E-state index contributed by atoms with van der Waals surface area (Å²) in [6, 6.07) is 3.75. The van der Waals surface area contributed by atoms with Gasteiger partial charge in [0.1, 0.15) is 0 Å². The molecule has 0 radical (unpaired) electrons. The van der Waals surface area contributed by atoms with Crippen LogP contribution in [-0.2, 0) is 16.4 Å². The number of unbranched alkanes of at least 4 members (excludes halogenated alkanes) is 1. The van der Waals surface area contributed by atoms with Gasteiger partial charge in [-0.25, -0.2) is 13.1 Å². The van der Waals surface area contributed by atoms with Crippen molar-refractivity contribution in [2.75, 3.05) is 12.3 Å². The fraction of sp³-hybridized carbons (Fsp3) is 0.600. The van der Waals surface area contributed by atoms with E-state index in [4.69, 9.17) is 11.6 Å². The van der Waals surface area contributed by atoms with Gasteiger partial charge in [-0.3, -0.25) is 0 Å². The fourth-order valence-corrected chi connectivity index (χ4v) is 3.54. The first-order chi connectivity index (χ1) is 7.53. The van der Waals surface area contributed by atoms with Gasteiger partial charge in [0.2, 0.25) is 10.0 Å². The minimum atomic E-state index is -3.09. The second-order valence-corrected chi connectivity index (χ2v) is 7.25. The number of halogens is 1. The van der Waals surface area contributed by atoms with Crippen LogP contribution < -0.4 is 4.72 Å². The Morgan fingerprint density at radius 2 is 2.19 bits per heavy atom. The van der Waals surface area contributed by atoms with E-state index >= 15 is 0 Å². The van der Waals surface area contributed by atoms with Gasteiger partial charge in [-0.1, -0.05) is 24.9 Å². The zero-order chi connectivity index (χ0) is 12.0. The summed E-state index contributed by atoms with van der Waals surface area (Å²) in [5.74, 6) is 0.217. The van der Waals surface area contributed by atoms with Crippen LogP contribution in [0.25, 0.3) is 0 Å². The highest BCUT2D eigenvalue weighted by atomic mass is 35.5. The van der Waals surface area contributed by atoms with Gasteiger partial charge in [0.25, 0.3) is 0 Å². The van der Waals surface area contributed by atoms with Crippen LogP contribution in [0.3, 0.4) is 0 Å². The molecule has 0 saturated carbocycles. The molecule has 1 aromatic heterocycles. The Labute approximate surface area is 106 Å². The van der Waals surface area contributed by atoms with E-state index < -0.39 is 10.0 Å². The molecule has 16 heavy (non-hydrogen) atoms. The highest BCUT2D eigenvalue weighted by molar-refractivity contribution is 7.89. The van der Waals surface area contributed by atoms with Crippen LogP contribution in [0.5, 0.6) is 0 Å². The standard InChI is InChI=1S/C10H16ClNO2S2/c1-2-3-8-16(13,14)12-7-6-9-4-5-10(11)15-9/h4-5,12H,2-3,6-8H2,1H3. The van der Waals surface area contributed by atoms with E-state index in [1.54, 1.807) is 0 Å². The van der Waals surface area contributed by atoms with Crippen LogP contribution in [0.1, 0.15) is 24.6 Å². The summed E-state index contributed by atoms with van der Waals surface area (Å²) in [6.45, 7) is 2.42. The van der Waals surface area contributed by atoms with Crippen molar-refractivity contribution in [2.24, 2.45) is 0 Å². The molecular weight excluding hydrogens is 266 g/mol. The molecular formula is C10H16ClNO2S2. The Morgan fingerprint density at radius 3 is 2.75 bits per heavy atom. The van der Waals surface area contributed by atoms with Gasteiger partial charge in [-0.15, -0.1) is 11.3 Å². The molecule has 92 valence electrons. The van der Waals surface area contributed by atoms with E-state index in [0.29, 0.717) is 19.4 Å². The van der Waals surface area contributed by atoms with Gasteiger partial charge in [0.15, 0.2) is 0 Å². The largest absolute Gasteiger partial charge is 0.215 e. The highest BCUT2D eigenvalue weighted by Crippen LogP contribution is 2.21. The summed E-state index contributed by atoms with van der Waals surface area (Å²) in [5.41, 5.74) is 0. The Hall–Kier alpha value is -0.100. The summed E-state index contributed by atoms with van der Waals surface area (Å²) >= 11 is 7.26. The molecule has 0 unspecified atom stereocenters. The first-order valence-corrected chi connectivity index (χ1v) is 8.09. The molecule has 0 atom stereocenters. The third-order valence-electron chi connectivity index (χ3n) is 2.09. The predicted octanol–water partition coefficient (Wildman–Crippen LogP) is 2.66. The second-order valence-electron chi connectivity index (χ2n) is 3.52. The number of sulfonamides is 1. The van der Waals surface area contributed by atoms with E-state index in [9.17, 15) is 8.42 Å². The normalized spacial score (nSPS) is 11.9. The summed E-state index contributed by atoms with van der Waals surface area (Å²) in [6.07, 6.45) is 2.30. The van der Waals surface area contributed by atoms with Crippen molar-refractivity contribution in [1.29, 1.82) is 0 Å². The van der Waals surface area contributed by atoms with Gasteiger partial charge in [0, 0.05) is 11.4 Å². The van der Waals surface area contributed by atoms with Crippen LogP contribution in [0, 0.1) is 0 Å². The van der Waals surface area contributed by atoms with E-state index in [0.717, 1.165) is 15.6 Å². The lowest BCUT2D eigenvalue weighted by molar-refractivity contribution is 0.578. The monoisotopic (exact) mass is 281 g/mol. The summed E-state index contributed by atoms with van der Waals surface area (Å²) in [5, 5.41) is 0. The molecule has 1 heterocycles. The average molecular weight is 282 g/mol. The lowest BCUT2D eigenvalue weighted by Crippen LogP contribution is -2.28. The first-order valence-electron chi connectivity index (χ1n) is 5.25. The Bertz CT molecular complexity index is 414. The van der Waals surface area contributed by atoms with E-state index in [2.05, 4.69) is 4.72 Å². The molecule has 0 bridgehead atoms. The van der Waals surface area contributed by atoms with E-state index in [-0.39, 0.29) is 5.75 Å². The van der Waals surface area contributed by atoms with Crippen molar-refractivity contribution in [3.8, 4) is 0 Å². The topological polar surface area (TPSA) is 46.2 Å². The van der Waals surface area contributed by atoms with Crippen molar-refractivity contribution in [1.82, 2.24) is 4.72 Å². The molecule has 0 aromatic carbocycles. The molecule has 0 spiro atoms.